The van der Waals surface area contributed by atoms with Gasteiger partial charge in [0.05, 0.1) is 0 Å². The van der Waals surface area contributed by atoms with Crippen LogP contribution in [-0.4, -0.2) is 9.97 Å². The summed E-state index contributed by atoms with van der Waals surface area (Å²) in [6.07, 6.45) is 3.44. The molecule has 0 aliphatic rings. The van der Waals surface area contributed by atoms with Crippen LogP contribution in [0.4, 0.5) is 11.6 Å². The van der Waals surface area contributed by atoms with Crippen LogP contribution < -0.4 is 11.5 Å². The molecule has 0 fully saturated rings. The van der Waals surface area contributed by atoms with E-state index in [1.54, 1.807) is 12.4 Å². The number of aryl methyl sites for hydroxylation is 2. The van der Waals surface area contributed by atoms with Gasteiger partial charge in [-0.25, -0.2) is 9.97 Å². The second-order valence-corrected chi connectivity index (χ2v) is 4.28. The van der Waals surface area contributed by atoms with Gasteiger partial charge in [-0.3, -0.25) is 0 Å². The number of pyridine rings is 2. The Balaban J connectivity index is 0. The Morgan fingerprint density at radius 3 is 1.20 bits per heavy atom. The molecule has 0 spiro atoms. The van der Waals surface area contributed by atoms with Crippen LogP contribution in [0.15, 0.2) is 24.5 Å². The molecule has 100 valence electrons. The van der Waals surface area contributed by atoms with Crippen molar-refractivity contribution in [1.82, 2.24) is 9.97 Å². The third kappa shape index (κ3) is 6.07. The predicted molar refractivity (Wildman–Crippen MR) is 76.2 cm³/mol. The van der Waals surface area contributed by atoms with E-state index in [1.165, 1.54) is 11.1 Å². The van der Waals surface area contributed by atoms with E-state index in [-0.39, 0.29) is 39.0 Å². The molecule has 0 saturated carbocycles. The molecule has 2 aromatic rings. The minimum absolute atomic E-state index is 0. The van der Waals surface area contributed by atoms with E-state index in [4.69, 9.17) is 11.5 Å². The number of nitrogens with zero attached hydrogens (tertiary/aromatic N) is 2. The Bertz CT molecular complexity index is 455. The first kappa shape index (κ1) is 21.4. The summed E-state index contributed by atoms with van der Waals surface area (Å²) in [6, 6.07) is 3.90. The van der Waals surface area contributed by atoms with Crippen molar-refractivity contribution >= 4 is 11.6 Å². The molecule has 0 aromatic carbocycles. The molecule has 2 aromatic heterocycles. The van der Waals surface area contributed by atoms with Crippen molar-refractivity contribution in [3.8, 4) is 0 Å². The van der Waals surface area contributed by atoms with E-state index in [0.717, 1.165) is 11.1 Å². The molecular weight excluding hydrogens is 355 g/mol. The molecule has 0 radical (unpaired) electrons. The van der Waals surface area contributed by atoms with Crippen LogP contribution in [-0.2, 0) is 39.0 Å². The van der Waals surface area contributed by atoms with E-state index in [2.05, 4.69) is 9.97 Å². The average Bonchev–Trinajstić information content (AvgIpc) is 2.34. The Labute approximate surface area is 146 Å². The van der Waals surface area contributed by atoms with Gasteiger partial charge in [-0.15, -0.1) is 0 Å². The van der Waals surface area contributed by atoms with Crippen molar-refractivity contribution in [3.05, 3.63) is 46.8 Å². The van der Waals surface area contributed by atoms with Gasteiger partial charge in [-0.2, -0.15) is 0 Å². The maximum absolute atomic E-state index is 5.51. The van der Waals surface area contributed by atoms with Gasteiger partial charge in [0.1, 0.15) is 11.6 Å². The Morgan fingerprint density at radius 2 is 1.00 bits per heavy atom. The second-order valence-electron chi connectivity index (χ2n) is 4.28. The zero-order valence-corrected chi connectivity index (χ0v) is 18.7. The number of anilines is 2. The Hall–Kier alpha value is -0.853. The van der Waals surface area contributed by atoms with Gasteiger partial charge < -0.3 is 11.5 Å². The molecule has 0 saturated heterocycles. The third-order valence-electron chi connectivity index (χ3n) is 3.03. The summed E-state index contributed by atoms with van der Waals surface area (Å²) in [5.74, 6) is 1.27. The smallest absolute Gasteiger partial charge is 0.126 e. The van der Waals surface area contributed by atoms with Crippen LogP contribution in [0.5, 0.6) is 0 Å². The van der Waals surface area contributed by atoms with Gasteiger partial charge >= 0.3 is 0 Å². The molecule has 2 heterocycles. The van der Waals surface area contributed by atoms with Gasteiger partial charge in [-0.1, -0.05) is 0 Å². The Morgan fingerprint density at radius 1 is 0.700 bits per heavy atom. The summed E-state index contributed by atoms with van der Waals surface area (Å²) >= 11 is 0. The minimum Gasteiger partial charge on any atom is -0.383 e. The van der Waals surface area contributed by atoms with Gasteiger partial charge in [0.25, 0.3) is 0 Å². The Kier molecular flexibility index (Phi) is 10.7. The topological polar surface area (TPSA) is 77.8 Å². The first-order valence-electron chi connectivity index (χ1n) is 5.78. The number of hydrogen-bond donors (Lipinski definition) is 2. The molecule has 0 atom stereocenters. The SMILES string of the molecule is Cc1ccnc(N)c1C.Cc1ccnc(N)c1C.[Zn].[Zn]. The van der Waals surface area contributed by atoms with Crippen molar-refractivity contribution in [2.75, 3.05) is 11.5 Å². The van der Waals surface area contributed by atoms with Crippen LogP contribution in [0.2, 0.25) is 0 Å². The zero-order chi connectivity index (χ0) is 13.7. The van der Waals surface area contributed by atoms with Crippen LogP contribution in [0.3, 0.4) is 0 Å². The first-order chi connectivity index (χ1) is 8.43. The zero-order valence-electron chi connectivity index (χ0n) is 12.8. The van der Waals surface area contributed by atoms with Crippen molar-refractivity contribution in [3.63, 3.8) is 0 Å². The molecule has 2 rings (SSSR count). The van der Waals surface area contributed by atoms with E-state index in [0.29, 0.717) is 11.6 Å². The monoisotopic (exact) mass is 372 g/mol. The average molecular weight is 375 g/mol. The van der Waals surface area contributed by atoms with Crippen molar-refractivity contribution in [2.45, 2.75) is 27.7 Å². The molecule has 0 amide bonds. The van der Waals surface area contributed by atoms with Gasteiger partial charge in [0.2, 0.25) is 0 Å². The van der Waals surface area contributed by atoms with Crippen LogP contribution in [0, 0.1) is 27.7 Å². The molecule has 4 N–H and O–H groups in total. The van der Waals surface area contributed by atoms with Crippen molar-refractivity contribution in [1.29, 1.82) is 0 Å². The summed E-state index contributed by atoms with van der Waals surface area (Å²) in [7, 11) is 0. The summed E-state index contributed by atoms with van der Waals surface area (Å²) in [5.41, 5.74) is 15.6. The third-order valence-corrected chi connectivity index (χ3v) is 3.03. The first-order valence-corrected chi connectivity index (χ1v) is 5.78. The van der Waals surface area contributed by atoms with E-state index >= 15 is 0 Å². The fourth-order valence-corrected chi connectivity index (χ4v) is 1.31. The molecular formula is C14H20N4Zn2. The van der Waals surface area contributed by atoms with Gasteiger partial charge in [-0.05, 0) is 62.1 Å². The largest absolute Gasteiger partial charge is 0.383 e. The molecule has 0 aliphatic carbocycles. The fourth-order valence-electron chi connectivity index (χ4n) is 1.31. The number of rotatable bonds is 0. The van der Waals surface area contributed by atoms with Crippen molar-refractivity contribution < 1.29 is 39.0 Å². The van der Waals surface area contributed by atoms with E-state index in [9.17, 15) is 0 Å². The van der Waals surface area contributed by atoms with Crippen LogP contribution >= 0.6 is 0 Å². The summed E-state index contributed by atoms with van der Waals surface area (Å²) in [4.78, 5) is 7.83. The summed E-state index contributed by atoms with van der Waals surface area (Å²) in [6.45, 7) is 7.98. The second kappa shape index (κ2) is 9.96. The molecule has 4 nitrogen and oxygen atoms in total. The normalized spacial score (nSPS) is 8.60. The standard InChI is InChI=1S/2C7H10N2.2Zn/c2*1-5-3-4-9-7(8)6(5)2;;/h2*3-4H,1-2H3,(H2,8,9);;. The molecule has 0 aliphatic heterocycles. The number of nitrogen functional groups attached to an aromatic ring is 2. The number of nitrogens with two attached hydrogens (primary N) is 2. The van der Waals surface area contributed by atoms with E-state index < -0.39 is 0 Å². The van der Waals surface area contributed by atoms with Gasteiger partial charge in [0.15, 0.2) is 0 Å². The minimum atomic E-state index is 0. The molecule has 0 unspecified atom stereocenters. The number of hydrogen-bond acceptors (Lipinski definition) is 4. The molecule has 0 bridgehead atoms. The molecule has 20 heavy (non-hydrogen) atoms. The maximum Gasteiger partial charge on any atom is 0.126 e. The molecule has 6 heteroatoms. The fraction of sp³-hybridized carbons (Fsp3) is 0.286. The summed E-state index contributed by atoms with van der Waals surface area (Å²) in [5, 5.41) is 0. The van der Waals surface area contributed by atoms with Crippen molar-refractivity contribution in [2.24, 2.45) is 0 Å². The predicted octanol–water partition coefficient (Wildman–Crippen LogP) is 2.56. The van der Waals surface area contributed by atoms with Crippen LogP contribution in [0.25, 0.3) is 0 Å². The maximum atomic E-state index is 5.51. The van der Waals surface area contributed by atoms with Crippen LogP contribution in [0.1, 0.15) is 22.3 Å². The van der Waals surface area contributed by atoms with E-state index in [1.807, 2.05) is 39.8 Å². The van der Waals surface area contributed by atoms with Gasteiger partial charge in [0, 0.05) is 51.3 Å². The number of aromatic nitrogens is 2. The summed E-state index contributed by atoms with van der Waals surface area (Å²) < 4.78 is 0. The quantitative estimate of drug-likeness (QED) is 0.694.